The quantitative estimate of drug-likeness (QED) is 0.858. The second-order valence-corrected chi connectivity index (χ2v) is 4.30. The maximum Gasteiger partial charge on any atom is 0.144 e. The van der Waals surface area contributed by atoms with Crippen molar-refractivity contribution in [3.05, 3.63) is 30.0 Å². The van der Waals surface area contributed by atoms with Gasteiger partial charge in [-0.05, 0) is 25.5 Å². The predicted molar refractivity (Wildman–Crippen MR) is 66.9 cm³/mol. The van der Waals surface area contributed by atoms with Crippen LogP contribution in [0.4, 0.5) is 0 Å². The SMILES string of the molecule is COc1cn(C[C@H](C)N)c2cccc(C)c12. The fraction of sp³-hybridized carbons (Fsp3) is 0.385. The van der Waals surface area contributed by atoms with Gasteiger partial charge in [-0.1, -0.05) is 12.1 Å². The van der Waals surface area contributed by atoms with Crippen LogP contribution >= 0.6 is 0 Å². The minimum atomic E-state index is 0.140. The first-order valence-electron chi connectivity index (χ1n) is 5.51. The maximum absolute atomic E-state index is 5.84. The van der Waals surface area contributed by atoms with Crippen molar-refractivity contribution in [2.75, 3.05) is 7.11 Å². The molecule has 3 heteroatoms. The highest BCUT2D eigenvalue weighted by atomic mass is 16.5. The lowest BCUT2D eigenvalue weighted by atomic mass is 10.1. The fourth-order valence-corrected chi connectivity index (χ4v) is 2.10. The van der Waals surface area contributed by atoms with Crippen molar-refractivity contribution in [3.8, 4) is 5.75 Å². The van der Waals surface area contributed by atoms with E-state index in [-0.39, 0.29) is 6.04 Å². The third kappa shape index (κ3) is 1.78. The summed E-state index contributed by atoms with van der Waals surface area (Å²) in [4.78, 5) is 0. The Hall–Kier alpha value is -1.48. The van der Waals surface area contributed by atoms with Crippen LogP contribution in [0, 0.1) is 6.92 Å². The molecule has 0 aliphatic heterocycles. The topological polar surface area (TPSA) is 40.2 Å². The molecule has 0 saturated heterocycles. The Labute approximate surface area is 95.8 Å². The van der Waals surface area contributed by atoms with Crippen molar-refractivity contribution >= 4 is 10.9 Å². The van der Waals surface area contributed by atoms with E-state index >= 15 is 0 Å². The molecular weight excluding hydrogens is 200 g/mol. The number of methoxy groups -OCH3 is 1. The number of nitrogens with zero attached hydrogens (tertiary/aromatic N) is 1. The molecule has 0 radical (unpaired) electrons. The van der Waals surface area contributed by atoms with Crippen LogP contribution in [0.1, 0.15) is 12.5 Å². The molecule has 0 amide bonds. The van der Waals surface area contributed by atoms with E-state index in [1.165, 1.54) is 16.5 Å². The summed E-state index contributed by atoms with van der Waals surface area (Å²) in [7, 11) is 1.71. The first-order valence-corrected chi connectivity index (χ1v) is 5.51. The van der Waals surface area contributed by atoms with Crippen LogP contribution in [-0.4, -0.2) is 17.7 Å². The summed E-state index contributed by atoms with van der Waals surface area (Å²) in [5.74, 6) is 0.925. The van der Waals surface area contributed by atoms with Crippen LogP contribution in [0.15, 0.2) is 24.4 Å². The zero-order valence-corrected chi connectivity index (χ0v) is 10.0. The molecule has 0 saturated carbocycles. The van der Waals surface area contributed by atoms with Crippen molar-refractivity contribution in [3.63, 3.8) is 0 Å². The lowest BCUT2D eigenvalue weighted by Crippen LogP contribution is -2.21. The third-order valence-corrected chi connectivity index (χ3v) is 2.78. The van der Waals surface area contributed by atoms with Gasteiger partial charge in [-0.3, -0.25) is 0 Å². The molecule has 1 heterocycles. The van der Waals surface area contributed by atoms with Gasteiger partial charge in [-0.25, -0.2) is 0 Å². The molecule has 0 unspecified atom stereocenters. The highest BCUT2D eigenvalue weighted by molar-refractivity contribution is 5.89. The van der Waals surface area contributed by atoms with E-state index < -0.39 is 0 Å². The molecule has 0 fully saturated rings. The zero-order chi connectivity index (χ0) is 11.7. The van der Waals surface area contributed by atoms with Crippen molar-refractivity contribution in [1.29, 1.82) is 0 Å². The highest BCUT2D eigenvalue weighted by Crippen LogP contribution is 2.30. The Morgan fingerprint density at radius 2 is 2.19 bits per heavy atom. The first-order chi connectivity index (χ1) is 7.63. The van der Waals surface area contributed by atoms with E-state index in [1.54, 1.807) is 7.11 Å². The minimum absolute atomic E-state index is 0.140. The summed E-state index contributed by atoms with van der Waals surface area (Å²) in [6.07, 6.45) is 2.03. The Morgan fingerprint density at radius 3 is 2.81 bits per heavy atom. The van der Waals surface area contributed by atoms with Crippen LogP contribution in [0.5, 0.6) is 5.75 Å². The number of benzene rings is 1. The number of rotatable bonds is 3. The Morgan fingerprint density at radius 1 is 1.44 bits per heavy atom. The van der Waals surface area contributed by atoms with E-state index in [9.17, 15) is 0 Å². The summed E-state index contributed by atoms with van der Waals surface area (Å²) in [6.45, 7) is 4.92. The molecule has 2 rings (SSSR count). The smallest absolute Gasteiger partial charge is 0.144 e. The molecule has 86 valence electrons. The molecule has 0 bridgehead atoms. The van der Waals surface area contributed by atoms with Gasteiger partial charge >= 0.3 is 0 Å². The van der Waals surface area contributed by atoms with Crippen molar-refractivity contribution in [1.82, 2.24) is 4.57 Å². The van der Waals surface area contributed by atoms with Crippen LogP contribution in [0.2, 0.25) is 0 Å². The van der Waals surface area contributed by atoms with Crippen molar-refractivity contribution in [2.45, 2.75) is 26.4 Å². The summed E-state index contributed by atoms with van der Waals surface area (Å²) in [5, 5.41) is 1.19. The first kappa shape index (κ1) is 11.0. The van der Waals surface area contributed by atoms with Crippen LogP contribution in [-0.2, 0) is 6.54 Å². The van der Waals surface area contributed by atoms with Gasteiger partial charge in [0.05, 0.1) is 12.6 Å². The molecule has 3 nitrogen and oxygen atoms in total. The third-order valence-electron chi connectivity index (χ3n) is 2.78. The Balaban J connectivity index is 2.63. The van der Waals surface area contributed by atoms with E-state index in [0.29, 0.717) is 0 Å². The second kappa shape index (κ2) is 4.18. The molecule has 2 N–H and O–H groups in total. The van der Waals surface area contributed by atoms with Gasteiger partial charge in [-0.2, -0.15) is 0 Å². The van der Waals surface area contributed by atoms with Gasteiger partial charge in [0.15, 0.2) is 0 Å². The molecule has 1 aromatic carbocycles. The lowest BCUT2D eigenvalue weighted by Gasteiger charge is -2.08. The summed E-state index contributed by atoms with van der Waals surface area (Å²) >= 11 is 0. The zero-order valence-electron chi connectivity index (χ0n) is 10.0. The standard InChI is InChI=1S/C13H18N2O/c1-9-5-4-6-11-13(9)12(16-3)8-15(11)7-10(2)14/h4-6,8,10H,7,14H2,1-3H3/t10-/m0/s1. The maximum atomic E-state index is 5.84. The molecular formula is C13H18N2O. The van der Waals surface area contributed by atoms with E-state index in [0.717, 1.165) is 12.3 Å². The Kier molecular flexibility index (Phi) is 2.88. The average Bonchev–Trinajstić information content (AvgIpc) is 2.57. The number of hydrogen-bond acceptors (Lipinski definition) is 2. The van der Waals surface area contributed by atoms with Crippen LogP contribution < -0.4 is 10.5 Å². The minimum Gasteiger partial charge on any atom is -0.495 e. The monoisotopic (exact) mass is 218 g/mol. The van der Waals surface area contributed by atoms with Crippen LogP contribution in [0.25, 0.3) is 10.9 Å². The van der Waals surface area contributed by atoms with Crippen LogP contribution in [0.3, 0.4) is 0 Å². The lowest BCUT2D eigenvalue weighted by molar-refractivity contribution is 0.417. The van der Waals surface area contributed by atoms with E-state index in [4.69, 9.17) is 10.5 Å². The summed E-state index contributed by atoms with van der Waals surface area (Å²) in [5.41, 5.74) is 8.27. The average molecular weight is 218 g/mol. The predicted octanol–water partition coefficient (Wildman–Crippen LogP) is 2.31. The number of hydrogen-bond donors (Lipinski definition) is 1. The van der Waals surface area contributed by atoms with Crippen molar-refractivity contribution in [2.24, 2.45) is 5.73 Å². The fourth-order valence-electron chi connectivity index (χ4n) is 2.10. The van der Waals surface area contributed by atoms with Crippen molar-refractivity contribution < 1.29 is 4.74 Å². The van der Waals surface area contributed by atoms with Gasteiger partial charge < -0.3 is 15.0 Å². The normalized spacial score (nSPS) is 13.0. The molecule has 2 aromatic rings. The number of fused-ring (bicyclic) bond motifs is 1. The molecule has 1 atom stereocenters. The number of nitrogens with two attached hydrogens (primary N) is 1. The molecule has 16 heavy (non-hydrogen) atoms. The van der Waals surface area contributed by atoms with Gasteiger partial charge in [0.2, 0.25) is 0 Å². The van der Waals surface area contributed by atoms with Gasteiger partial charge in [0, 0.05) is 24.2 Å². The largest absolute Gasteiger partial charge is 0.495 e. The number of ether oxygens (including phenoxy) is 1. The Bertz CT molecular complexity index is 500. The van der Waals surface area contributed by atoms with Gasteiger partial charge in [-0.15, -0.1) is 0 Å². The highest BCUT2D eigenvalue weighted by Gasteiger charge is 2.11. The number of aromatic nitrogens is 1. The molecule has 0 spiro atoms. The number of aryl methyl sites for hydroxylation is 1. The van der Waals surface area contributed by atoms with Gasteiger partial charge in [0.1, 0.15) is 5.75 Å². The molecule has 1 aromatic heterocycles. The summed E-state index contributed by atoms with van der Waals surface area (Å²) in [6, 6.07) is 6.41. The summed E-state index contributed by atoms with van der Waals surface area (Å²) < 4.78 is 7.57. The molecule has 0 aliphatic carbocycles. The van der Waals surface area contributed by atoms with E-state index in [1.807, 2.05) is 13.1 Å². The second-order valence-electron chi connectivity index (χ2n) is 4.30. The molecule has 0 aliphatic rings. The van der Waals surface area contributed by atoms with E-state index in [2.05, 4.69) is 29.7 Å². The van der Waals surface area contributed by atoms with Gasteiger partial charge in [0.25, 0.3) is 0 Å².